The Kier molecular flexibility index (Phi) is 8.01. The van der Waals surface area contributed by atoms with Crippen LogP contribution in [0.25, 0.3) is 0 Å². The number of ether oxygens (including phenoxy) is 2. The van der Waals surface area contributed by atoms with E-state index in [1.807, 2.05) is 11.0 Å². The summed E-state index contributed by atoms with van der Waals surface area (Å²) in [7, 11) is 1.51. The molecule has 0 N–H and O–H groups in total. The highest BCUT2D eigenvalue weighted by molar-refractivity contribution is 6.10. The quantitative estimate of drug-likeness (QED) is 0.572. The monoisotopic (exact) mass is 451 g/mol. The second-order valence-corrected chi connectivity index (χ2v) is 8.60. The van der Waals surface area contributed by atoms with Crippen LogP contribution < -0.4 is 10.3 Å². The summed E-state index contributed by atoms with van der Waals surface area (Å²) in [6, 6.07) is 9.79. The molecule has 33 heavy (non-hydrogen) atoms. The Morgan fingerprint density at radius 1 is 1.18 bits per heavy atom. The molecule has 1 aliphatic rings. The number of methoxy groups -OCH3 is 1. The third kappa shape index (κ3) is 5.88. The van der Waals surface area contributed by atoms with Crippen LogP contribution in [0.2, 0.25) is 0 Å². The van der Waals surface area contributed by atoms with Gasteiger partial charge in [-0.15, -0.1) is 0 Å². The Balaban J connectivity index is 1.81. The first-order valence-corrected chi connectivity index (χ1v) is 11.0. The van der Waals surface area contributed by atoms with Gasteiger partial charge < -0.3 is 18.9 Å². The smallest absolute Gasteiger partial charge is 0.268 e. The summed E-state index contributed by atoms with van der Waals surface area (Å²) < 4.78 is 12.1. The Bertz CT molecular complexity index is 1110. The largest absolute Gasteiger partial charge is 0.483 e. The minimum absolute atomic E-state index is 0.115. The molecule has 1 saturated heterocycles. The SMILES string of the molecule is COCCn1cc(C(=O)c2ccccc2OCC(=O)N2C[C@@H](C)C[C@H](C)C2)cc(C#N)c1=O. The second kappa shape index (κ2) is 10.9. The number of carbonyl (C=O) groups is 2. The predicted molar refractivity (Wildman–Crippen MR) is 122 cm³/mol. The lowest BCUT2D eigenvalue weighted by Gasteiger charge is -2.34. The summed E-state index contributed by atoms with van der Waals surface area (Å²) >= 11 is 0. The molecule has 0 unspecified atom stereocenters. The zero-order chi connectivity index (χ0) is 24.0. The fraction of sp³-hybridized carbons (Fsp3) is 0.440. The Morgan fingerprint density at radius 3 is 2.55 bits per heavy atom. The Labute approximate surface area is 193 Å². The average Bonchev–Trinajstić information content (AvgIpc) is 2.81. The number of hydrogen-bond acceptors (Lipinski definition) is 6. The number of nitrogens with zero attached hydrogens (tertiary/aromatic N) is 3. The van der Waals surface area contributed by atoms with E-state index in [1.54, 1.807) is 24.3 Å². The molecular formula is C25H29N3O5. The number of piperidine rings is 1. The normalized spacial score (nSPS) is 17.9. The van der Waals surface area contributed by atoms with Crippen LogP contribution in [0.1, 0.15) is 41.8 Å². The van der Waals surface area contributed by atoms with Crippen LogP contribution in [0.5, 0.6) is 5.75 Å². The molecule has 3 rings (SSSR count). The fourth-order valence-corrected chi connectivity index (χ4v) is 4.23. The summed E-state index contributed by atoms with van der Waals surface area (Å²) in [5.41, 5.74) is -0.167. The number of carbonyl (C=O) groups excluding carboxylic acids is 2. The van der Waals surface area contributed by atoms with E-state index >= 15 is 0 Å². The van der Waals surface area contributed by atoms with Crippen LogP contribution in [0.15, 0.2) is 41.3 Å². The average molecular weight is 452 g/mol. The topological polar surface area (TPSA) is 102 Å². The van der Waals surface area contributed by atoms with Crippen molar-refractivity contribution in [3.8, 4) is 11.8 Å². The number of amides is 1. The summed E-state index contributed by atoms with van der Waals surface area (Å²) in [5, 5.41) is 9.33. The third-order valence-corrected chi connectivity index (χ3v) is 5.71. The molecule has 0 spiro atoms. The molecule has 1 fully saturated rings. The van der Waals surface area contributed by atoms with Crippen LogP contribution in [0.4, 0.5) is 0 Å². The Morgan fingerprint density at radius 2 is 1.88 bits per heavy atom. The standard InChI is InChI=1S/C25H29N3O5/c1-17-10-18(2)14-28(13-17)23(29)16-33-22-7-5-4-6-21(22)24(30)20-11-19(12-26)25(31)27(15-20)8-9-32-3/h4-7,11,15,17-18H,8-10,13-14,16H2,1-3H3/t17-,18-/m0/s1. The van der Waals surface area contributed by atoms with Crippen LogP contribution in [-0.2, 0) is 16.1 Å². The first-order valence-electron chi connectivity index (χ1n) is 11.0. The van der Waals surface area contributed by atoms with Crippen LogP contribution in [0, 0.1) is 23.2 Å². The highest BCUT2D eigenvalue weighted by Gasteiger charge is 2.26. The van der Waals surface area contributed by atoms with Crippen molar-refractivity contribution < 1.29 is 19.1 Å². The molecule has 1 aliphatic heterocycles. The van der Waals surface area contributed by atoms with Crippen molar-refractivity contribution in [3.63, 3.8) is 0 Å². The van der Waals surface area contributed by atoms with Gasteiger partial charge in [-0.1, -0.05) is 26.0 Å². The number of hydrogen-bond donors (Lipinski definition) is 0. The van der Waals surface area contributed by atoms with E-state index in [1.165, 1.54) is 23.9 Å². The maximum Gasteiger partial charge on any atom is 0.268 e. The lowest BCUT2D eigenvalue weighted by atomic mass is 9.92. The van der Waals surface area contributed by atoms with Gasteiger partial charge in [0, 0.05) is 38.5 Å². The molecule has 2 heterocycles. The molecule has 8 nitrogen and oxygen atoms in total. The summed E-state index contributed by atoms with van der Waals surface area (Å²) in [6.45, 7) is 5.97. The van der Waals surface area contributed by atoms with E-state index in [-0.39, 0.29) is 48.1 Å². The van der Waals surface area contributed by atoms with Gasteiger partial charge in [-0.05, 0) is 36.5 Å². The molecule has 0 saturated carbocycles. The van der Waals surface area contributed by atoms with Gasteiger partial charge in [0.2, 0.25) is 0 Å². The number of likely N-dealkylation sites (tertiary alicyclic amines) is 1. The number of para-hydroxylation sites is 1. The third-order valence-electron chi connectivity index (χ3n) is 5.71. The van der Waals surface area contributed by atoms with Gasteiger partial charge in [-0.2, -0.15) is 5.26 Å². The lowest BCUT2D eigenvalue weighted by molar-refractivity contribution is -0.136. The van der Waals surface area contributed by atoms with Gasteiger partial charge >= 0.3 is 0 Å². The highest BCUT2D eigenvalue weighted by Crippen LogP contribution is 2.23. The van der Waals surface area contributed by atoms with E-state index in [9.17, 15) is 19.6 Å². The number of ketones is 1. The van der Waals surface area contributed by atoms with Crippen molar-refractivity contribution >= 4 is 11.7 Å². The highest BCUT2D eigenvalue weighted by atomic mass is 16.5. The maximum absolute atomic E-state index is 13.3. The fourth-order valence-electron chi connectivity index (χ4n) is 4.23. The van der Waals surface area contributed by atoms with Crippen molar-refractivity contribution in [2.75, 3.05) is 33.4 Å². The molecule has 8 heteroatoms. The number of pyridine rings is 1. The first kappa shape index (κ1) is 24.2. The molecular weight excluding hydrogens is 422 g/mol. The van der Waals surface area contributed by atoms with Crippen LogP contribution in [-0.4, -0.2) is 54.6 Å². The molecule has 1 aromatic heterocycles. The van der Waals surface area contributed by atoms with E-state index < -0.39 is 11.3 Å². The summed E-state index contributed by atoms with van der Waals surface area (Å²) in [5.74, 6) is 0.642. The van der Waals surface area contributed by atoms with Crippen LogP contribution >= 0.6 is 0 Å². The minimum atomic E-state index is -0.480. The van der Waals surface area contributed by atoms with Crippen LogP contribution in [0.3, 0.4) is 0 Å². The van der Waals surface area contributed by atoms with Gasteiger partial charge in [0.05, 0.1) is 12.2 Å². The second-order valence-electron chi connectivity index (χ2n) is 8.60. The van der Waals surface area contributed by atoms with E-state index in [2.05, 4.69) is 13.8 Å². The molecule has 1 amide bonds. The first-order chi connectivity index (χ1) is 15.8. The van der Waals surface area contributed by atoms with Gasteiger partial charge in [0.25, 0.3) is 11.5 Å². The molecule has 0 aliphatic carbocycles. The maximum atomic E-state index is 13.3. The molecule has 1 aromatic carbocycles. The molecule has 0 bridgehead atoms. The van der Waals surface area contributed by atoms with E-state index in [0.717, 1.165) is 6.42 Å². The zero-order valence-corrected chi connectivity index (χ0v) is 19.2. The van der Waals surface area contributed by atoms with Crippen molar-refractivity contribution in [2.45, 2.75) is 26.8 Å². The van der Waals surface area contributed by atoms with Gasteiger partial charge in [0.15, 0.2) is 12.4 Å². The molecule has 2 atom stereocenters. The lowest BCUT2D eigenvalue weighted by Crippen LogP contribution is -2.44. The number of benzene rings is 1. The minimum Gasteiger partial charge on any atom is -0.483 e. The predicted octanol–water partition coefficient (Wildman–Crippen LogP) is 2.48. The number of aromatic nitrogens is 1. The van der Waals surface area contributed by atoms with Gasteiger partial charge in [-0.3, -0.25) is 14.4 Å². The number of rotatable bonds is 8. The van der Waals surface area contributed by atoms with Crippen molar-refractivity contribution in [1.29, 1.82) is 5.26 Å². The zero-order valence-electron chi connectivity index (χ0n) is 19.2. The Hall–Kier alpha value is -3.44. The summed E-state index contributed by atoms with van der Waals surface area (Å²) in [6.07, 6.45) is 2.52. The number of nitriles is 1. The van der Waals surface area contributed by atoms with Gasteiger partial charge in [0.1, 0.15) is 17.4 Å². The van der Waals surface area contributed by atoms with Crippen molar-refractivity contribution in [3.05, 3.63) is 63.6 Å². The van der Waals surface area contributed by atoms with E-state index in [4.69, 9.17) is 9.47 Å². The van der Waals surface area contributed by atoms with E-state index in [0.29, 0.717) is 24.9 Å². The van der Waals surface area contributed by atoms with Crippen molar-refractivity contribution in [2.24, 2.45) is 11.8 Å². The van der Waals surface area contributed by atoms with Crippen molar-refractivity contribution in [1.82, 2.24) is 9.47 Å². The molecule has 2 aromatic rings. The summed E-state index contributed by atoms with van der Waals surface area (Å²) in [4.78, 5) is 40.2. The molecule has 174 valence electrons. The van der Waals surface area contributed by atoms with Gasteiger partial charge in [-0.25, -0.2) is 0 Å². The molecule has 0 radical (unpaired) electrons.